The zero-order valence-corrected chi connectivity index (χ0v) is 15.1. The van der Waals surface area contributed by atoms with Gasteiger partial charge in [0.2, 0.25) is 10.0 Å². The molecule has 2 aromatic carbocycles. The van der Waals surface area contributed by atoms with E-state index in [1.54, 1.807) is 39.0 Å². The lowest BCUT2D eigenvalue weighted by molar-refractivity contribution is 0.0697. The monoisotopic (exact) mass is 367 g/mol. The summed E-state index contributed by atoms with van der Waals surface area (Å²) in [4.78, 5) is 11.2. The van der Waals surface area contributed by atoms with E-state index in [1.165, 1.54) is 24.3 Å². The summed E-state index contributed by atoms with van der Waals surface area (Å²) in [7, 11) is -3.62. The van der Waals surface area contributed by atoms with E-state index in [4.69, 9.17) is 16.7 Å². The van der Waals surface area contributed by atoms with Crippen LogP contribution in [0.5, 0.6) is 0 Å². The summed E-state index contributed by atoms with van der Waals surface area (Å²) >= 11 is 5.95. The number of rotatable bonds is 4. The molecule has 0 saturated carbocycles. The molecule has 0 aliphatic heterocycles. The lowest BCUT2D eigenvalue weighted by atomic mass is 10.0. The maximum absolute atomic E-state index is 12.3. The number of benzene rings is 2. The zero-order chi connectivity index (χ0) is 18.1. The topological polar surface area (TPSA) is 83.5 Å². The van der Waals surface area contributed by atoms with Gasteiger partial charge in [0.1, 0.15) is 0 Å². The van der Waals surface area contributed by atoms with Crippen LogP contribution < -0.4 is 4.72 Å². The van der Waals surface area contributed by atoms with E-state index >= 15 is 0 Å². The molecule has 2 N–H and O–H groups in total. The minimum absolute atomic E-state index is 0.0728. The fourth-order valence-electron chi connectivity index (χ4n) is 2.17. The first-order chi connectivity index (χ1) is 11.0. The summed E-state index contributed by atoms with van der Waals surface area (Å²) in [6, 6.07) is 10.7. The number of halogens is 1. The fourth-order valence-corrected chi connectivity index (χ4v) is 3.82. The van der Waals surface area contributed by atoms with Gasteiger partial charge in [-0.3, -0.25) is 0 Å². The first-order valence-corrected chi connectivity index (χ1v) is 9.02. The normalized spacial score (nSPS) is 12.2. The average molecular weight is 368 g/mol. The first-order valence-electron chi connectivity index (χ1n) is 7.16. The Bertz CT molecular complexity index is 868. The number of nitrogens with one attached hydrogen (secondary N) is 1. The lowest BCUT2D eigenvalue weighted by Gasteiger charge is -2.20. The smallest absolute Gasteiger partial charge is 0.335 e. The Hall–Kier alpha value is -1.89. The van der Waals surface area contributed by atoms with E-state index in [9.17, 15) is 13.2 Å². The van der Waals surface area contributed by atoms with Gasteiger partial charge >= 0.3 is 5.97 Å². The molecule has 0 atom stereocenters. The third kappa shape index (κ3) is 4.56. The van der Waals surface area contributed by atoms with Crippen LogP contribution in [0.4, 0.5) is 0 Å². The van der Waals surface area contributed by atoms with Crippen LogP contribution in [0, 0.1) is 0 Å². The van der Waals surface area contributed by atoms with E-state index in [0.717, 1.165) is 0 Å². The molecule has 0 aromatic heterocycles. The highest BCUT2D eigenvalue weighted by molar-refractivity contribution is 7.89. The van der Waals surface area contributed by atoms with Crippen LogP contribution in [0.2, 0.25) is 5.02 Å². The molecule has 0 fully saturated rings. The van der Waals surface area contributed by atoms with E-state index in [-0.39, 0.29) is 10.5 Å². The van der Waals surface area contributed by atoms with Gasteiger partial charge in [0.15, 0.2) is 0 Å². The molecule has 0 saturated heterocycles. The van der Waals surface area contributed by atoms with Crippen molar-refractivity contribution in [3.63, 3.8) is 0 Å². The fraction of sp³-hybridized carbons (Fsp3) is 0.235. The maximum Gasteiger partial charge on any atom is 0.335 e. The van der Waals surface area contributed by atoms with Crippen LogP contribution >= 0.6 is 11.6 Å². The van der Waals surface area contributed by atoms with Crippen molar-refractivity contribution in [2.45, 2.75) is 31.2 Å². The molecule has 0 aliphatic rings. The van der Waals surface area contributed by atoms with Gasteiger partial charge in [-0.25, -0.2) is 17.9 Å². The number of aromatic carboxylic acids is 1. The molecule has 0 spiro atoms. The van der Waals surface area contributed by atoms with Gasteiger partial charge < -0.3 is 5.11 Å². The molecule has 5 nitrogen and oxygen atoms in total. The summed E-state index contributed by atoms with van der Waals surface area (Å²) in [5.74, 6) is -1.08. The molecule has 0 radical (unpaired) electrons. The van der Waals surface area contributed by atoms with Crippen LogP contribution in [0.25, 0.3) is 11.1 Å². The van der Waals surface area contributed by atoms with E-state index in [0.29, 0.717) is 16.1 Å². The van der Waals surface area contributed by atoms with Crippen LogP contribution in [0.1, 0.15) is 31.1 Å². The largest absolute Gasteiger partial charge is 0.478 e. The minimum atomic E-state index is -3.62. The van der Waals surface area contributed by atoms with E-state index in [1.807, 2.05) is 0 Å². The second kappa shape index (κ2) is 6.55. The van der Waals surface area contributed by atoms with Crippen molar-refractivity contribution in [3.8, 4) is 11.1 Å². The summed E-state index contributed by atoms with van der Waals surface area (Å²) in [6.45, 7) is 5.29. The molecule has 0 heterocycles. The Morgan fingerprint density at radius 1 is 1.04 bits per heavy atom. The Morgan fingerprint density at radius 2 is 1.62 bits per heavy atom. The quantitative estimate of drug-likeness (QED) is 0.861. The van der Waals surface area contributed by atoms with Crippen LogP contribution in [-0.2, 0) is 10.0 Å². The summed E-state index contributed by atoms with van der Waals surface area (Å²) in [5, 5.41) is 9.40. The van der Waals surface area contributed by atoms with Gasteiger partial charge in [0.25, 0.3) is 0 Å². The number of hydrogen-bond donors (Lipinski definition) is 2. The van der Waals surface area contributed by atoms with E-state index in [2.05, 4.69) is 4.72 Å². The summed E-state index contributed by atoms with van der Waals surface area (Å²) in [5.41, 5.74) is 0.770. The maximum atomic E-state index is 12.3. The van der Waals surface area contributed by atoms with Crippen LogP contribution in [0.3, 0.4) is 0 Å². The van der Waals surface area contributed by atoms with Crippen molar-refractivity contribution in [1.29, 1.82) is 0 Å². The SMILES string of the molecule is CC(C)(C)NS(=O)(=O)c1ccc(-c2cc(Cl)cc(C(=O)O)c2)cc1. The highest BCUT2D eigenvalue weighted by atomic mass is 35.5. The van der Waals surface area contributed by atoms with Gasteiger partial charge in [-0.15, -0.1) is 0 Å². The predicted octanol–water partition coefficient (Wildman–Crippen LogP) is 3.78. The summed E-state index contributed by atoms with van der Waals surface area (Å²) < 4.78 is 27.1. The van der Waals surface area contributed by atoms with Gasteiger partial charge in [-0.2, -0.15) is 0 Å². The Morgan fingerprint density at radius 3 is 2.12 bits per heavy atom. The highest BCUT2D eigenvalue weighted by Gasteiger charge is 2.21. The van der Waals surface area contributed by atoms with Crippen molar-refractivity contribution in [2.75, 3.05) is 0 Å². The molecule has 0 unspecified atom stereocenters. The molecule has 7 heteroatoms. The van der Waals surface area contributed by atoms with Crippen molar-refractivity contribution >= 4 is 27.6 Å². The second-order valence-corrected chi connectivity index (χ2v) is 8.53. The molecule has 2 rings (SSSR count). The van der Waals surface area contributed by atoms with E-state index < -0.39 is 21.5 Å². The molecule has 24 heavy (non-hydrogen) atoms. The Balaban J connectivity index is 2.39. The number of carboxylic acid groups (broad SMARTS) is 1. The van der Waals surface area contributed by atoms with Gasteiger partial charge in [0.05, 0.1) is 10.5 Å². The van der Waals surface area contributed by atoms with Crippen molar-refractivity contribution in [1.82, 2.24) is 4.72 Å². The third-order valence-electron chi connectivity index (χ3n) is 3.08. The third-order valence-corrected chi connectivity index (χ3v) is 5.08. The first kappa shape index (κ1) is 18.4. The molecule has 0 amide bonds. The highest BCUT2D eigenvalue weighted by Crippen LogP contribution is 2.26. The average Bonchev–Trinajstić information content (AvgIpc) is 2.44. The molecular formula is C17H18ClNO4S. The number of sulfonamides is 1. The molecule has 0 bridgehead atoms. The molecule has 2 aromatic rings. The number of carboxylic acids is 1. The van der Waals surface area contributed by atoms with Crippen molar-refractivity contribution < 1.29 is 18.3 Å². The zero-order valence-electron chi connectivity index (χ0n) is 13.5. The molecule has 0 aliphatic carbocycles. The van der Waals surface area contributed by atoms with Gasteiger partial charge in [-0.1, -0.05) is 23.7 Å². The second-order valence-electron chi connectivity index (χ2n) is 6.41. The van der Waals surface area contributed by atoms with Crippen LogP contribution in [-0.4, -0.2) is 25.0 Å². The van der Waals surface area contributed by atoms with Gasteiger partial charge in [0, 0.05) is 10.6 Å². The standard InChI is InChI=1S/C17H18ClNO4S/c1-17(2,3)19-24(22,23)15-6-4-11(5-7-15)12-8-13(16(20)21)10-14(18)9-12/h4-10,19H,1-3H3,(H,20,21). The van der Waals surface area contributed by atoms with Crippen molar-refractivity contribution in [2.24, 2.45) is 0 Å². The van der Waals surface area contributed by atoms with Crippen LogP contribution in [0.15, 0.2) is 47.4 Å². The molecular weight excluding hydrogens is 350 g/mol. The molecule has 128 valence electrons. The number of hydrogen-bond acceptors (Lipinski definition) is 3. The summed E-state index contributed by atoms with van der Waals surface area (Å²) in [6.07, 6.45) is 0. The lowest BCUT2D eigenvalue weighted by Crippen LogP contribution is -2.40. The predicted molar refractivity (Wildman–Crippen MR) is 93.9 cm³/mol. The Labute approximate surface area is 146 Å². The Kier molecular flexibility index (Phi) is 5.03. The van der Waals surface area contributed by atoms with Gasteiger partial charge in [-0.05, 0) is 62.2 Å². The number of carbonyl (C=O) groups is 1. The minimum Gasteiger partial charge on any atom is -0.478 e. The van der Waals surface area contributed by atoms with Crippen molar-refractivity contribution in [3.05, 3.63) is 53.1 Å².